The molecule has 0 spiro atoms. The predicted molar refractivity (Wildman–Crippen MR) is 360 cm³/mol. The van der Waals surface area contributed by atoms with Gasteiger partial charge in [0.05, 0.1) is 76.4 Å². The molecule has 3 aromatic heterocycles. The van der Waals surface area contributed by atoms with Crippen molar-refractivity contribution >= 4 is 60.7 Å². The molecule has 0 atom stereocenters. The number of hydrogen-bond donors (Lipinski definition) is 0. The van der Waals surface area contributed by atoms with Crippen LogP contribution in [0.1, 0.15) is 11.1 Å². The van der Waals surface area contributed by atoms with E-state index in [0.29, 0.717) is 45.7 Å². The Hall–Kier alpha value is -13.3. The Morgan fingerprint density at radius 2 is 0.611 bits per heavy atom. The second-order valence-corrected chi connectivity index (χ2v) is 21.9. The second kappa shape index (κ2) is 22.3. The molecule has 10 heteroatoms. The standard InChI is InChI=1S/C80H44N10/c1-83-63-31-22-54(23-32-63)60-29-39-74-69(44-60)70-45-61(55-24-33-64(84-2)34-25-55)30-40-75(70)90(74)77-46-62(80-87-78(56-10-6-4-7-11-56)86-79(88-80)57-12-8-5-9-13-57)26-36-66(77)71-47-65(85-3)35-41-76(71)89-72-37-27-58(52-18-14-50(48-81)15-19-52)42-67(72)68-43-59(28-38-73(68)89)53-20-16-51(49-82)17-21-53/h4-47H. The molecule has 90 heavy (non-hydrogen) atoms. The van der Waals surface area contributed by atoms with Crippen LogP contribution < -0.4 is 0 Å². The highest BCUT2D eigenvalue weighted by atomic mass is 15.0. The molecule has 15 rings (SSSR count). The molecule has 15 aromatic rings. The second-order valence-electron chi connectivity index (χ2n) is 21.9. The van der Waals surface area contributed by atoms with Gasteiger partial charge in [0, 0.05) is 43.8 Å². The molecule has 0 N–H and O–H groups in total. The molecule has 0 aliphatic rings. The molecule has 0 saturated heterocycles. The summed E-state index contributed by atoms with van der Waals surface area (Å²) in [6, 6.07) is 93.3. The highest BCUT2D eigenvalue weighted by molar-refractivity contribution is 6.14. The smallest absolute Gasteiger partial charge is 0.188 e. The van der Waals surface area contributed by atoms with Crippen LogP contribution in [0.4, 0.5) is 17.1 Å². The zero-order valence-corrected chi connectivity index (χ0v) is 47.9. The number of aromatic nitrogens is 5. The van der Waals surface area contributed by atoms with Gasteiger partial charge in [-0.05, 0) is 141 Å². The third-order valence-corrected chi connectivity index (χ3v) is 16.7. The molecule has 10 nitrogen and oxygen atoms in total. The van der Waals surface area contributed by atoms with Crippen molar-refractivity contribution in [1.29, 1.82) is 10.5 Å². The summed E-state index contributed by atoms with van der Waals surface area (Å²) in [5, 5.41) is 23.4. The van der Waals surface area contributed by atoms with Gasteiger partial charge in [-0.15, -0.1) is 0 Å². The van der Waals surface area contributed by atoms with E-state index in [-0.39, 0.29) is 0 Å². The molecule has 0 bridgehead atoms. The minimum atomic E-state index is 0.457. The third kappa shape index (κ3) is 9.50. The van der Waals surface area contributed by atoms with Gasteiger partial charge in [0.15, 0.2) is 34.5 Å². The van der Waals surface area contributed by atoms with Gasteiger partial charge in [0.25, 0.3) is 0 Å². The first-order valence-electron chi connectivity index (χ1n) is 29.0. The fraction of sp³-hybridized carbons (Fsp3) is 0. The van der Waals surface area contributed by atoms with E-state index in [2.05, 4.69) is 133 Å². The molecule has 0 fully saturated rings. The van der Waals surface area contributed by atoms with Crippen molar-refractivity contribution in [2.45, 2.75) is 0 Å². The first-order chi connectivity index (χ1) is 44.3. The average Bonchev–Trinajstić information content (AvgIpc) is 1.71. The zero-order valence-electron chi connectivity index (χ0n) is 47.9. The van der Waals surface area contributed by atoms with Crippen LogP contribution in [0, 0.1) is 42.4 Å². The largest absolute Gasteiger partial charge is 0.309 e. The molecule has 414 valence electrons. The number of fused-ring (bicyclic) bond motifs is 6. The van der Waals surface area contributed by atoms with Gasteiger partial charge in [0.2, 0.25) is 0 Å². The van der Waals surface area contributed by atoms with Crippen LogP contribution in [0.2, 0.25) is 0 Å². The molecule has 0 amide bonds. The van der Waals surface area contributed by atoms with Crippen molar-refractivity contribution in [2.75, 3.05) is 0 Å². The highest BCUT2D eigenvalue weighted by Crippen LogP contribution is 2.46. The Balaban J connectivity index is 1.02. The Morgan fingerprint density at radius 1 is 0.278 bits per heavy atom. The Labute approximate surface area is 518 Å². The molecule has 0 saturated carbocycles. The molecule has 0 unspecified atom stereocenters. The van der Waals surface area contributed by atoms with Crippen molar-refractivity contribution in [3.63, 3.8) is 0 Å². The summed E-state index contributed by atoms with van der Waals surface area (Å²) in [7, 11) is 0. The summed E-state index contributed by atoms with van der Waals surface area (Å²) in [5.41, 5.74) is 19.9. The van der Waals surface area contributed by atoms with Crippen molar-refractivity contribution < 1.29 is 0 Å². The predicted octanol–water partition coefficient (Wildman–Crippen LogP) is 20.8. The van der Waals surface area contributed by atoms with Gasteiger partial charge in [0.1, 0.15) is 0 Å². The van der Waals surface area contributed by atoms with Gasteiger partial charge in [-0.2, -0.15) is 10.5 Å². The molecule has 3 heterocycles. The topological polar surface area (TPSA) is 109 Å². The van der Waals surface area contributed by atoms with Crippen molar-refractivity contribution in [3.8, 4) is 113 Å². The van der Waals surface area contributed by atoms with E-state index < -0.39 is 0 Å². The van der Waals surface area contributed by atoms with Crippen molar-refractivity contribution in [2.24, 2.45) is 0 Å². The van der Waals surface area contributed by atoms with E-state index in [1.165, 1.54) is 0 Å². The van der Waals surface area contributed by atoms with Crippen LogP contribution in [-0.4, -0.2) is 24.1 Å². The number of hydrogen-bond acceptors (Lipinski definition) is 5. The van der Waals surface area contributed by atoms with Crippen molar-refractivity contribution in [1.82, 2.24) is 24.1 Å². The van der Waals surface area contributed by atoms with Gasteiger partial charge < -0.3 is 9.13 Å². The molecule has 0 radical (unpaired) electrons. The van der Waals surface area contributed by atoms with Crippen LogP contribution in [0.5, 0.6) is 0 Å². The van der Waals surface area contributed by atoms with Crippen LogP contribution in [0.15, 0.2) is 267 Å². The van der Waals surface area contributed by atoms with Crippen LogP contribution in [-0.2, 0) is 0 Å². The summed E-state index contributed by atoms with van der Waals surface area (Å²) >= 11 is 0. The number of nitriles is 2. The summed E-state index contributed by atoms with van der Waals surface area (Å²) in [6.45, 7) is 23.9. The first-order valence-corrected chi connectivity index (χ1v) is 29.0. The zero-order chi connectivity index (χ0) is 60.8. The lowest BCUT2D eigenvalue weighted by atomic mass is 9.97. The molecule has 12 aromatic carbocycles. The van der Waals surface area contributed by atoms with E-state index in [9.17, 15) is 10.5 Å². The van der Waals surface area contributed by atoms with E-state index in [1.807, 2.05) is 170 Å². The van der Waals surface area contributed by atoms with Crippen LogP contribution >= 0.6 is 0 Å². The Morgan fingerprint density at radius 3 is 0.989 bits per heavy atom. The maximum atomic E-state index is 9.70. The minimum Gasteiger partial charge on any atom is -0.309 e. The van der Waals surface area contributed by atoms with Crippen LogP contribution in [0.3, 0.4) is 0 Å². The molecular weight excluding hydrogens is 1100 g/mol. The van der Waals surface area contributed by atoms with Crippen LogP contribution in [0.25, 0.3) is 159 Å². The normalized spacial score (nSPS) is 11.1. The lowest BCUT2D eigenvalue weighted by Crippen LogP contribution is -2.04. The Kier molecular flexibility index (Phi) is 13.2. The SMILES string of the molecule is [C-]#[N+]c1ccc(-c2ccc3c(c2)c2cc(-c4ccc([N+]#[C-])cc4)ccc2n3-c2cc(-c3nc(-c4ccccc4)nc(-c4ccccc4)n3)ccc2-c2cc([N+]#[C-])ccc2-n2c3ccc(-c4ccc(C#N)cc4)cc3c3cc(-c4ccc(C#N)cc4)ccc32)cc1. The summed E-state index contributed by atoms with van der Waals surface area (Å²) in [4.78, 5) is 27.0. The van der Waals surface area contributed by atoms with Gasteiger partial charge in [-0.25, -0.2) is 29.5 Å². The number of benzene rings is 12. The third-order valence-electron chi connectivity index (χ3n) is 16.7. The monoisotopic (exact) mass is 1140 g/mol. The first kappa shape index (κ1) is 53.4. The van der Waals surface area contributed by atoms with Gasteiger partial charge in [-0.1, -0.05) is 176 Å². The van der Waals surface area contributed by atoms with Gasteiger partial charge >= 0.3 is 0 Å². The Bertz CT molecular complexity index is 5330. The highest BCUT2D eigenvalue weighted by Gasteiger charge is 2.24. The minimum absolute atomic E-state index is 0.457. The maximum absolute atomic E-state index is 9.70. The van der Waals surface area contributed by atoms with Gasteiger partial charge in [-0.3, -0.25) is 0 Å². The molecular formula is C80H44N10. The average molecular weight is 1150 g/mol. The van der Waals surface area contributed by atoms with E-state index >= 15 is 0 Å². The fourth-order valence-corrected chi connectivity index (χ4v) is 12.2. The maximum Gasteiger partial charge on any atom is 0.188 e. The van der Waals surface area contributed by atoms with E-state index in [4.69, 9.17) is 34.7 Å². The quantitative estimate of drug-likeness (QED) is 0.127. The molecule has 0 aliphatic heterocycles. The lowest BCUT2D eigenvalue weighted by Gasteiger charge is -2.20. The summed E-state index contributed by atoms with van der Waals surface area (Å²) < 4.78 is 4.61. The molecule has 0 aliphatic carbocycles. The van der Waals surface area contributed by atoms with Crippen molar-refractivity contribution in [3.05, 3.63) is 312 Å². The number of nitrogens with zero attached hydrogens (tertiary/aromatic N) is 10. The summed E-state index contributed by atoms with van der Waals surface area (Å²) in [6.07, 6.45) is 0. The fourth-order valence-electron chi connectivity index (χ4n) is 12.2. The lowest BCUT2D eigenvalue weighted by molar-refractivity contribution is 1.07. The summed E-state index contributed by atoms with van der Waals surface area (Å²) in [5.74, 6) is 1.53. The number of rotatable bonds is 10. The van der Waals surface area contributed by atoms with E-state index in [1.54, 1.807) is 0 Å². The van der Waals surface area contributed by atoms with E-state index in [0.717, 1.165) is 127 Å².